The van der Waals surface area contributed by atoms with E-state index in [1.807, 2.05) is 19.1 Å². The molecule has 1 aliphatic carbocycles. The van der Waals surface area contributed by atoms with Crippen molar-refractivity contribution in [2.24, 2.45) is 0 Å². The van der Waals surface area contributed by atoms with Gasteiger partial charge >= 0.3 is 0 Å². The third-order valence-corrected chi connectivity index (χ3v) is 14.6. The average molecular weight is 907 g/mol. The first kappa shape index (κ1) is 40.5. The summed E-state index contributed by atoms with van der Waals surface area (Å²) < 4.78 is 4.57. The summed E-state index contributed by atoms with van der Waals surface area (Å²) in [6, 6.07) is 76.6. The van der Waals surface area contributed by atoms with E-state index in [0.29, 0.717) is 17.6 Å². The molecule has 9 aromatic carbocycles. The monoisotopic (exact) mass is 906 g/mol. The van der Waals surface area contributed by atoms with Crippen LogP contribution in [0.15, 0.2) is 231 Å². The van der Waals surface area contributed by atoms with E-state index in [4.69, 9.17) is 21.4 Å². The van der Waals surface area contributed by atoms with Crippen molar-refractivity contribution < 1.29 is 0 Å². The SMILES string of the molecule is C#C/C=C\C(=C/C)c1nc(-c2ccc3c(c2)C2(c4ccccc4-3)c3ccccc3N(c3ccccc3)c3ccccc32)nc(-n2c3ccccc3c3cc4c5ccccc5n(-c5ccccc5)c4cc32)n1. The Labute approximate surface area is 410 Å². The molecule has 0 amide bonds. The van der Waals surface area contributed by atoms with Crippen LogP contribution in [-0.4, -0.2) is 24.1 Å². The van der Waals surface area contributed by atoms with Gasteiger partial charge in [0.2, 0.25) is 5.95 Å². The van der Waals surface area contributed by atoms with Crippen LogP contribution >= 0.6 is 0 Å². The van der Waals surface area contributed by atoms with Crippen molar-refractivity contribution in [2.75, 3.05) is 4.90 Å². The van der Waals surface area contributed by atoms with Crippen LogP contribution in [0.1, 0.15) is 35.0 Å². The Kier molecular flexibility index (Phi) is 8.98. The van der Waals surface area contributed by atoms with E-state index in [9.17, 15) is 0 Å². The molecule has 0 saturated heterocycles. The fourth-order valence-electron chi connectivity index (χ4n) is 11.8. The van der Waals surface area contributed by atoms with Gasteiger partial charge in [0.1, 0.15) is 0 Å². The number of hydrogen-bond acceptors (Lipinski definition) is 4. The first-order valence-corrected chi connectivity index (χ1v) is 24.0. The van der Waals surface area contributed by atoms with Gasteiger partial charge in [-0.1, -0.05) is 158 Å². The lowest BCUT2D eigenvalue weighted by Crippen LogP contribution is -2.36. The van der Waals surface area contributed by atoms with E-state index in [-0.39, 0.29) is 0 Å². The van der Waals surface area contributed by atoms with Gasteiger partial charge in [0.05, 0.1) is 38.9 Å². The minimum Gasteiger partial charge on any atom is -0.310 e. The van der Waals surface area contributed by atoms with Crippen LogP contribution < -0.4 is 4.90 Å². The average Bonchev–Trinajstić information content (AvgIpc) is 4.04. The van der Waals surface area contributed by atoms with Crippen molar-refractivity contribution in [3.63, 3.8) is 0 Å². The van der Waals surface area contributed by atoms with E-state index in [0.717, 1.165) is 66.7 Å². The quantitative estimate of drug-likeness (QED) is 0.123. The number of rotatable bonds is 6. The number of allylic oxidation sites excluding steroid dienone is 4. The van der Waals surface area contributed by atoms with E-state index in [2.05, 4.69) is 232 Å². The van der Waals surface area contributed by atoms with Crippen LogP contribution in [0, 0.1) is 12.3 Å². The molecule has 1 spiro atoms. The van der Waals surface area contributed by atoms with Gasteiger partial charge in [-0.2, -0.15) is 9.97 Å². The highest BCUT2D eigenvalue weighted by Gasteiger charge is 2.51. The zero-order chi connectivity index (χ0) is 47.2. The number of benzene rings is 9. The second-order valence-corrected chi connectivity index (χ2v) is 18.2. The predicted molar refractivity (Wildman–Crippen MR) is 291 cm³/mol. The lowest BCUT2D eigenvalue weighted by atomic mass is 9.64. The summed E-state index contributed by atoms with van der Waals surface area (Å²) in [7, 11) is 0. The van der Waals surface area contributed by atoms with Gasteiger partial charge in [-0.15, -0.1) is 6.42 Å². The van der Waals surface area contributed by atoms with Gasteiger partial charge in [-0.3, -0.25) is 4.57 Å². The molecule has 332 valence electrons. The van der Waals surface area contributed by atoms with Crippen LogP contribution in [0.4, 0.5) is 17.1 Å². The standard InChI is InChI=1S/C65H42N6/c1-3-5-22-42(4-2)62-66-63(68-64(67-62)71-57-34-19-14-29-49(57)51-40-50-48-28-13-18-33-56(48)69(60(50)41-61(51)71)44-23-8-6-9-24-44)43-37-38-47-46-27-12-15-30-52(46)65(55(47)39-43)53-31-16-20-35-58(53)70(45-25-10-7-11-26-45)59-36-21-17-32-54(59)65/h1,4-41H,2H3/b22-5-,42-4+. The lowest BCUT2D eigenvalue weighted by molar-refractivity contribution is 0.752. The fraction of sp³-hybridized carbons (Fsp3) is 0.0308. The summed E-state index contributed by atoms with van der Waals surface area (Å²) in [4.78, 5) is 18.6. The second-order valence-electron chi connectivity index (χ2n) is 18.2. The van der Waals surface area contributed by atoms with Gasteiger partial charge in [-0.25, -0.2) is 4.98 Å². The summed E-state index contributed by atoms with van der Waals surface area (Å²) in [6.07, 6.45) is 11.4. The summed E-state index contributed by atoms with van der Waals surface area (Å²) in [6.45, 7) is 1.99. The molecule has 14 rings (SSSR count). The summed E-state index contributed by atoms with van der Waals surface area (Å²) in [5.41, 5.74) is 17.0. The van der Waals surface area contributed by atoms with Crippen LogP contribution in [0.2, 0.25) is 0 Å². The minimum atomic E-state index is -0.654. The van der Waals surface area contributed by atoms with Crippen molar-refractivity contribution in [3.05, 3.63) is 259 Å². The molecule has 0 unspecified atom stereocenters. The number of terminal acetylenes is 1. The van der Waals surface area contributed by atoms with Gasteiger partial charge in [0, 0.05) is 44.1 Å². The third kappa shape index (κ3) is 5.81. The largest absolute Gasteiger partial charge is 0.310 e. The van der Waals surface area contributed by atoms with Gasteiger partial charge in [0.25, 0.3) is 0 Å². The van der Waals surface area contributed by atoms with Crippen molar-refractivity contribution in [3.8, 4) is 46.5 Å². The maximum absolute atomic E-state index is 5.83. The van der Waals surface area contributed by atoms with Crippen molar-refractivity contribution >= 4 is 66.2 Å². The Hall–Kier alpha value is -9.57. The van der Waals surface area contributed by atoms with Crippen molar-refractivity contribution in [2.45, 2.75) is 12.3 Å². The highest BCUT2D eigenvalue weighted by molar-refractivity contribution is 6.19. The topological polar surface area (TPSA) is 51.8 Å². The highest BCUT2D eigenvalue weighted by atomic mass is 15.2. The predicted octanol–water partition coefficient (Wildman–Crippen LogP) is 15.5. The van der Waals surface area contributed by atoms with E-state index in [1.165, 1.54) is 44.2 Å². The number of aromatic nitrogens is 5. The van der Waals surface area contributed by atoms with Gasteiger partial charge in [0.15, 0.2) is 11.6 Å². The Balaban J connectivity index is 1.04. The van der Waals surface area contributed by atoms with Crippen LogP contribution in [0.5, 0.6) is 0 Å². The zero-order valence-corrected chi connectivity index (χ0v) is 38.7. The molecule has 0 atom stereocenters. The molecule has 1 aliphatic heterocycles. The minimum absolute atomic E-state index is 0.511. The van der Waals surface area contributed by atoms with Crippen molar-refractivity contribution in [1.82, 2.24) is 24.1 Å². The number of nitrogens with zero attached hydrogens (tertiary/aromatic N) is 6. The molecule has 6 heteroatoms. The number of fused-ring (bicyclic) bond motifs is 15. The maximum Gasteiger partial charge on any atom is 0.238 e. The molecular weight excluding hydrogens is 865 g/mol. The molecule has 0 saturated carbocycles. The zero-order valence-electron chi connectivity index (χ0n) is 38.7. The Morgan fingerprint density at radius 3 is 1.72 bits per heavy atom. The van der Waals surface area contributed by atoms with E-state index in [1.54, 1.807) is 6.08 Å². The normalized spacial score (nSPS) is 13.5. The summed E-state index contributed by atoms with van der Waals surface area (Å²) >= 11 is 0. The molecule has 3 aromatic heterocycles. The highest BCUT2D eigenvalue weighted by Crippen LogP contribution is 2.63. The number of anilines is 3. The Bertz CT molecular complexity index is 4210. The summed E-state index contributed by atoms with van der Waals surface area (Å²) in [5, 5.41) is 4.60. The maximum atomic E-state index is 5.83. The smallest absolute Gasteiger partial charge is 0.238 e. The fourth-order valence-corrected chi connectivity index (χ4v) is 11.8. The van der Waals surface area contributed by atoms with Crippen LogP contribution in [-0.2, 0) is 5.41 Å². The molecule has 0 N–H and O–H groups in total. The molecule has 0 fully saturated rings. The van der Waals surface area contributed by atoms with Gasteiger partial charge < -0.3 is 9.47 Å². The molecule has 4 heterocycles. The van der Waals surface area contributed by atoms with Gasteiger partial charge in [-0.05, 0) is 119 Å². The molecule has 2 aliphatic rings. The lowest BCUT2D eigenvalue weighted by Gasteiger charge is -2.45. The van der Waals surface area contributed by atoms with Crippen molar-refractivity contribution in [1.29, 1.82) is 0 Å². The first-order chi connectivity index (χ1) is 35.1. The molecule has 0 bridgehead atoms. The van der Waals surface area contributed by atoms with E-state index >= 15 is 0 Å². The third-order valence-electron chi connectivity index (χ3n) is 14.6. The van der Waals surface area contributed by atoms with Crippen LogP contribution in [0.25, 0.3) is 83.3 Å². The first-order valence-electron chi connectivity index (χ1n) is 24.0. The molecule has 12 aromatic rings. The number of hydrogen-bond donors (Lipinski definition) is 0. The Morgan fingerprint density at radius 1 is 0.479 bits per heavy atom. The van der Waals surface area contributed by atoms with E-state index < -0.39 is 5.41 Å². The molecular formula is C65H42N6. The van der Waals surface area contributed by atoms with Crippen LogP contribution in [0.3, 0.4) is 0 Å². The molecule has 0 radical (unpaired) electrons. The summed E-state index contributed by atoms with van der Waals surface area (Å²) in [5.74, 6) is 4.27. The molecule has 6 nitrogen and oxygen atoms in total. The number of para-hydroxylation sites is 6. The Morgan fingerprint density at radius 2 is 1.04 bits per heavy atom. The second kappa shape index (κ2) is 15.7. The molecule has 71 heavy (non-hydrogen) atoms.